The Balaban J connectivity index is 0.00000338. The Morgan fingerprint density at radius 1 is 1.19 bits per heavy atom. The maximum atomic E-state index is 5.95. The first-order chi connectivity index (χ1) is 12.2. The Hall–Kier alpha value is -1.64. The van der Waals surface area contributed by atoms with Gasteiger partial charge in [0.2, 0.25) is 0 Å². The lowest BCUT2D eigenvalue weighted by molar-refractivity contribution is 0.601. The predicted octanol–water partition coefficient (Wildman–Crippen LogP) is 4.16. The maximum Gasteiger partial charge on any atom is 0.188 e. The molecule has 0 radical (unpaired) electrons. The third kappa shape index (κ3) is 8.16. The number of aliphatic imine (C=N–C) groups is 1. The van der Waals surface area contributed by atoms with Crippen LogP contribution in [0.4, 0.5) is 0 Å². The molecule has 0 atom stereocenters. The number of rotatable bonds is 10. The molecule has 0 aliphatic heterocycles. The van der Waals surface area contributed by atoms with Gasteiger partial charge in [-0.1, -0.05) is 57.2 Å². The van der Waals surface area contributed by atoms with Crippen LogP contribution in [0.5, 0.6) is 0 Å². The van der Waals surface area contributed by atoms with E-state index in [4.69, 9.17) is 5.73 Å². The average Bonchev–Trinajstić information content (AvgIpc) is 3.06. The van der Waals surface area contributed by atoms with E-state index in [-0.39, 0.29) is 24.0 Å². The van der Waals surface area contributed by atoms with Crippen molar-refractivity contribution in [3.63, 3.8) is 0 Å². The van der Waals surface area contributed by atoms with Gasteiger partial charge < -0.3 is 11.1 Å². The number of nitrogens with one attached hydrogen (secondary N) is 2. The molecule has 0 unspecified atom stereocenters. The summed E-state index contributed by atoms with van der Waals surface area (Å²) in [7, 11) is 0. The zero-order valence-electron chi connectivity index (χ0n) is 15.8. The molecule has 7 heteroatoms. The molecule has 0 aliphatic carbocycles. The van der Waals surface area contributed by atoms with Gasteiger partial charge in [-0.05, 0) is 25.0 Å². The molecule has 0 aliphatic rings. The van der Waals surface area contributed by atoms with Gasteiger partial charge in [0, 0.05) is 12.1 Å². The van der Waals surface area contributed by atoms with Crippen LogP contribution in [0.15, 0.2) is 29.3 Å². The first-order valence-electron chi connectivity index (χ1n) is 9.21. The van der Waals surface area contributed by atoms with Gasteiger partial charge in [-0.3, -0.25) is 5.10 Å². The van der Waals surface area contributed by atoms with Crippen molar-refractivity contribution in [1.82, 2.24) is 20.5 Å². The molecular weight excluding hydrogens is 439 g/mol. The van der Waals surface area contributed by atoms with Crippen LogP contribution in [-0.4, -0.2) is 27.7 Å². The normalized spacial score (nSPS) is 11.2. The van der Waals surface area contributed by atoms with Crippen molar-refractivity contribution in [2.75, 3.05) is 6.54 Å². The Kier molecular flexibility index (Phi) is 10.9. The number of hydrogen-bond donors (Lipinski definition) is 3. The highest BCUT2D eigenvalue weighted by Crippen LogP contribution is 2.16. The van der Waals surface area contributed by atoms with E-state index in [1.807, 2.05) is 31.2 Å². The summed E-state index contributed by atoms with van der Waals surface area (Å²) < 4.78 is 0. The molecule has 0 fully saturated rings. The van der Waals surface area contributed by atoms with Crippen LogP contribution < -0.4 is 11.1 Å². The van der Waals surface area contributed by atoms with E-state index in [2.05, 4.69) is 32.4 Å². The van der Waals surface area contributed by atoms with E-state index in [1.165, 1.54) is 32.1 Å². The lowest BCUT2D eigenvalue weighted by Gasteiger charge is -2.06. The lowest BCUT2D eigenvalue weighted by Crippen LogP contribution is -2.32. The van der Waals surface area contributed by atoms with Crippen LogP contribution in [0.25, 0.3) is 11.4 Å². The second-order valence-electron chi connectivity index (χ2n) is 6.34. The van der Waals surface area contributed by atoms with Crippen molar-refractivity contribution < 1.29 is 0 Å². The molecule has 2 rings (SSSR count). The highest BCUT2D eigenvalue weighted by molar-refractivity contribution is 14.0. The molecule has 26 heavy (non-hydrogen) atoms. The van der Waals surface area contributed by atoms with Crippen molar-refractivity contribution in [3.05, 3.63) is 35.7 Å². The van der Waals surface area contributed by atoms with Gasteiger partial charge in [0.15, 0.2) is 11.8 Å². The summed E-state index contributed by atoms with van der Waals surface area (Å²) in [6, 6.07) is 8.07. The zero-order valence-corrected chi connectivity index (χ0v) is 18.1. The molecule has 0 bridgehead atoms. The summed E-state index contributed by atoms with van der Waals surface area (Å²) in [5.74, 6) is 2.02. The lowest BCUT2D eigenvalue weighted by atomic mass is 10.1. The van der Waals surface area contributed by atoms with E-state index >= 15 is 0 Å². The van der Waals surface area contributed by atoms with Gasteiger partial charge in [0.05, 0.1) is 6.54 Å². The maximum absolute atomic E-state index is 5.95. The van der Waals surface area contributed by atoms with Crippen molar-refractivity contribution in [3.8, 4) is 11.4 Å². The molecule has 2 aromatic rings. The number of benzene rings is 1. The fourth-order valence-corrected chi connectivity index (χ4v) is 2.63. The highest BCUT2D eigenvalue weighted by Gasteiger charge is 2.04. The first kappa shape index (κ1) is 22.4. The quantitative estimate of drug-likeness (QED) is 0.211. The van der Waals surface area contributed by atoms with E-state index in [1.54, 1.807) is 0 Å². The molecule has 144 valence electrons. The minimum absolute atomic E-state index is 0. The molecule has 0 saturated heterocycles. The number of nitrogens with zero attached hydrogens (tertiary/aromatic N) is 3. The monoisotopic (exact) mass is 470 g/mol. The molecule has 6 nitrogen and oxygen atoms in total. The second-order valence-corrected chi connectivity index (χ2v) is 6.34. The third-order valence-corrected chi connectivity index (χ3v) is 4.05. The topological polar surface area (TPSA) is 92.0 Å². The summed E-state index contributed by atoms with van der Waals surface area (Å²) in [6.07, 6.45) is 7.65. The Morgan fingerprint density at radius 3 is 2.69 bits per heavy atom. The van der Waals surface area contributed by atoms with Crippen LogP contribution >= 0.6 is 24.0 Å². The number of aromatic nitrogens is 3. The number of unbranched alkanes of at least 4 members (excludes halogenated alkanes) is 5. The summed E-state index contributed by atoms with van der Waals surface area (Å²) in [5.41, 5.74) is 8.02. The van der Waals surface area contributed by atoms with Crippen molar-refractivity contribution in [1.29, 1.82) is 0 Å². The van der Waals surface area contributed by atoms with Crippen LogP contribution in [0.2, 0.25) is 0 Å². The number of guanidine groups is 1. The SMILES string of the molecule is CCCCCCCCNC(N)=NCc1cccc(-c2n[nH]c(C)n2)c1.I. The number of aryl methyl sites for hydroxylation is 1. The number of hydrogen-bond acceptors (Lipinski definition) is 3. The fraction of sp³-hybridized carbons (Fsp3) is 0.526. The van der Waals surface area contributed by atoms with Gasteiger partial charge in [-0.15, -0.1) is 24.0 Å². The van der Waals surface area contributed by atoms with Crippen molar-refractivity contribution in [2.24, 2.45) is 10.7 Å². The molecular formula is C19H31IN6. The van der Waals surface area contributed by atoms with Gasteiger partial charge in [0.1, 0.15) is 5.82 Å². The van der Waals surface area contributed by atoms with Crippen molar-refractivity contribution in [2.45, 2.75) is 58.9 Å². The molecule has 1 heterocycles. The van der Waals surface area contributed by atoms with Crippen LogP contribution in [0.1, 0.15) is 56.8 Å². The smallest absolute Gasteiger partial charge is 0.188 e. The number of H-pyrrole nitrogens is 1. The number of nitrogens with two attached hydrogens (primary N) is 1. The highest BCUT2D eigenvalue weighted by atomic mass is 127. The summed E-state index contributed by atoms with van der Waals surface area (Å²) >= 11 is 0. The van der Waals surface area contributed by atoms with Crippen molar-refractivity contribution >= 4 is 29.9 Å². The summed E-state index contributed by atoms with van der Waals surface area (Å²) in [5, 5.41) is 10.2. The first-order valence-corrected chi connectivity index (χ1v) is 9.21. The van der Waals surface area contributed by atoms with E-state index in [0.29, 0.717) is 18.3 Å². The molecule has 1 aromatic carbocycles. The van der Waals surface area contributed by atoms with E-state index < -0.39 is 0 Å². The molecule has 4 N–H and O–H groups in total. The molecule has 0 spiro atoms. The summed E-state index contributed by atoms with van der Waals surface area (Å²) in [4.78, 5) is 8.77. The number of aromatic amines is 1. The van der Waals surface area contributed by atoms with Crippen LogP contribution in [0.3, 0.4) is 0 Å². The third-order valence-electron chi connectivity index (χ3n) is 4.05. The zero-order chi connectivity index (χ0) is 17.9. The molecule has 0 amide bonds. The average molecular weight is 470 g/mol. The largest absolute Gasteiger partial charge is 0.370 e. The minimum atomic E-state index is 0. The van der Waals surface area contributed by atoms with Gasteiger partial charge in [0.25, 0.3) is 0 Å². The summed E-state index contributed by atoms with van der Waals surface area (Å²) in [6.45, 7) is 5.56. The number of halogens is 1. The van der Waals surface area contributed by atoms with E-state index in [9.17, 15) is 0 Å². The van der Waals surface area contributed by atoms with Crippen LogP contribution in [0, 0.1) is 6.92 Å². The Labute approximate surface area is 173 Å². The molecule has 0 saturated carbocycles. The second kappa shape index (κ2) is 12.7. The molecule has 1 aromatic heterocycles. The van der Waals surface area contributed by atoms with Gasteiger partial charge >= 0.3 is 0 Å². The standard InChI is InChI=1S/C19H30N6.HI/c1-3-4-5-6-7-8-12-21-19(20)22-14-16-10-9-11-17(13-16)18-23-15(2)24-25-18;/h9-11,13H,3-8,12,14H2,1-2H3,(H3,20,21,22)(H,23,24,25);1H. The fourth-order valence-electron chi connectivity index (χ4n) is 2.63. The minimum Gasteiger partial charge on any atom is -0.370 e. The van der Waals surface area contributed by atoms with Gasteiger partial charge in [-0.2, -0.15) is 5.10 Å². The van der Waals surface area contributed by atoms with E-state index in [0.717, 1.165) is 29.9 Å². The van der Waals surface area contributed by atoms with Gasteiger partial charge in [-0.25, -0.2) is 9.98 Å². The predicted molar refractivity (Wildman–Crippen MR) is 119 cm³/mol. The van der Waals surface area contributed by atoms with Crippen LogP contribution in [-0.2, 0) is 6.54 Å². The Morgan fingerprint density at radius 2 is 1.96 bits per heavy atom. The Bertz CT molecular complexity index is 668.